The number of carboxylic acids is 1. The number of aliphatic hydroxyl groups is 1. The Morgan fingerprint density at radius 2 is 1.61 bits per heavy atom. The van der Waals surface area contributed by atoms with Crippen LogP contribution in [-0.2, 0) is 11.2 Å². The van der Waals surface area contributed by atoms with Crippen molar-refractivity contribution in [1.29, 1.82) is 0 Å². The third-order valence-electron chi connectivity index (χ3n) is 4.91. The van der Waals surface area contributed by atoms with Crippen LogP contribution in [0.1, 0.15) is 17.2 Å². The van der Waals surface area contributed by atoms with Crippen molar-refractivity contribution in [3.05, 3.63) is 81.8 Å². The average molecular weight is 543 g/mol. The minimum Gasteiger partial charge on any atom is -0.481 e. The molecule has 1 atom stereocenters. The number of amides is 2. The Hall–Kier alpha value is -3.47. The first kappa shape index (κ1) is 27.1. The number of aliphatic hydroxyl groups excluding tert-OH is 1. The summed E-state index contributed by atoms with van der Waals surface area (Å²) < 4.78 is 42.4. The molecule has 0 aliphatic rings. The van der Waals surface area contributed by atoms with Gasteiger partial charge >= 0.3 is 18.4 Å². The summed E-state index contributed by atoms with van der Waals surface area (Å²) in [6.07, 6.45) is -5.09. The van der Waals surface area contributed by atoms with E-state index in [0.29, 0.717) is 11.1 Å². The van der Waals surface area contributed by atoms with Gasteiger partial charge in [-0.15, -0.1) is 13.2 Å². The van der Waals surface area contributed by atoms with Crippen LogP contribution < -0.4 is 15.4 Å². The van der Waals surface area contributed by atoms with Crippen LogP contribution in [0, 0.1) is 0 Å². The van der Waals surface area contributed by atoms with Crippen LogP contribution in [0.15, 0.2) is 60.7 Å². The third kappa shape index (κ3) is 7.27. The third-order valence-corrected chi connectivity index (χ3v) is 5.50. The van der Waals surface area contributed by atoms with Gasteiger partial charge in [0.1, 0.15) is 5.75 Å². The number of benzene rings is 3. The van der Waals surface area contributed by atoms with E-state index in [9.17, 15) is 27.9 Å². The lowest BCUT2D eigenvalue weighted by molar-refractivity contribution is -0.274. The Balaban J connectivity index is 1.76. The molecule has 2 amide bonds. The van der Waals surface area contributed by atoms with E-state index in [0.717, 1.165) is 6.07 Å². The Bertz CT molecular complexity index is 1230. The van der Waals surface area contributed by atoms with E-state index >= 15 is 0 Å². The van der Waals surface area contributed by atoms with Gasteiger partial charge in [0.2, 0.25) is 0 Å². The fourth-order valence-electron chi connectivity index (χ4n) is 3.39. The molecule has 36 heavy (non-hydrogen) atoms. The molecule has 12 heteroatoms. The van der Waals surface area contributed by atoms with Crippen molar-refractivity contribution in [1.82, 2.24) is 5.32 Å². The lowest BCUT2D eigenvalue weighted by Gasteiger charge is -2.19. The second-order valence-electron chi connectivity index (χ2n) is 7.50. The van der Waals surface area contributed by atoms with Crippen molar-refractivity contribution in [3.63, 3.8) is 0 Å². The van der Waals surface area contributed by atoms with E-state index in [1.807, 2.05) is 0 Å². The van der Waals surface area contributed by atoms with Crippen LogP contribution >= 0.6 is 23.2 Å². The first-order valence-electron chi connectivity index (χ1n) is 10.3. The number of hydrogen-bond donors (Lipinski definition) is 4. The summed E-state index contributed by atoms with van der Waals surface area (Å²) in [7, 11) is 0. The van der Waals surface area contributed by atoms with E-state index in [1.165, 1.54) is 30.3 Å². The fourth-order valence-corrected chi connectivity index (χ4v) is 4.08. The van der Waals surface area contributed by atoms with E-state index in [4.69, 9.17) is 28.3 Å². The number of nitrogens with one attached hydrogen (secondary N) is 2. The number of carboxylic acid groups (broad SMARTS) is 1. The van der Waals surface area contributed by atoms with Crippen LogP contribution in [-0.4, -0.2) is 35.2 Å². The molecule has 3 aromatic carbocycles. The number of alkyl halides is 3. The first-order valence-corrected chi connectivity index (χ1v) is 11.1. The molecule has 0 saturated heterocycles. The minimum absolute atomic E-state index is 0.00696. The van der Waals surface area contributed by atoms with E-state index in [2.05, 4.69) is 15.4 Å². The van der Waals surface area contributed by atoms with Crippen LogP contribution in [0.2, 0.25) is 10.0 Å². The maximum atomic E-state index is 12.8. The van der Waals surface area contributed by atoms with Crippen molar-refractivity contribution >= 4 is 40.9 Å². The second-order valence-corrected chi connectivity index (χ2v) is 8.32. The molecule has 0 aliphatic heterocycles. The van der Waals surface area contributed by atoms with Gasteiger partial charge in [0.25, 0.3) is 0 Å². The molecule has 7 nitrogen and oxygen atoms in total. The van der Waals surface area contributed by atoms with Crippen LogP contribution in [0.4, 0.5) is 23.7 Å². The zero-order valence-electron chi connectivity index (χ0n) is 18.3. The van der Waals surface area contributed by atoms with Crippen LogP contribution in [0.25, 0.3) is 11.1 Å². The summed E-state index contributed by atoms with van der Waals surface area (Å²) in [5.74, 6) is -1.48. The van der Waals surface area contributed by atoms with Gasteiger partial charge in [-0.2, -0.15) is 0 Å². The number of para-hydroxylation sites is 1. The molecule has 0 heterocycles. The van der Waals surface area contributed by atoms with Gasteiger partial charge < -0.3 is 25.6 Å². The summed E-state index contributed by atoms with van der Waals surface area (Å²) in [6.45, 7) is -0.442. The van der Waals surface area contributed by atoms with Gasteiger partial charge in [-0.3, -0.25) is 4.79 Å². The quantitative estimate of drug-likeness (QED) is 0.277. The Morgan fingerprint density at radius 1 is 1.00 bits per heavy atom. The normalized spacial score (nSPS) is 12.1. The number of carbonyl (C=O) groups excluding carboxylic acids is 1. The number of rotatable bonds is 8. The summed E-state index contributed by atoms with van der Waals surface area (Å²) >= 11 is 12.6. The number of urea groups is 1. The molecule has 3 rings (SSSR count). The molecule has 190 valence electrons. The van der Waals surface area contributed by atoms with Crippen molar-refractivity contribution in [2.45, 2.75) is 18.8 Å². The fraction of sp³-hybridized carbons (Fsp3) is 0.167. The number of hydrogen-bond acceptors (Lipinski definition) is 4. The molecule has 1 unspecified atom stereocenters. The van der Waals surface area contributed by atoms with Gasteiger partial charge in [-0.25, -0.2) is 4.79 Å². The van der Waals surface area contributed by atoms with Crippen molar-refractivity contribution < 1.29 is 37.7 Å². The molecule has 0 aromatic heterocycles. The maximum absolute atomic E-state index is 12.8. The summed E-state index contributed by atoms with van der Waals surface area (Å²) in [4.78, 5) is 23.3. The SMILES string of the molecule is O=C(O)Cc1ccc(C(CO)NC(=O)Nc2cc(Cl)c(-c3ccccc3OC(F)(F)F)c(Cl)c2)cc1. The predicted molar refractivity (Wildman–Crippen MR) is 128 cm³/mol. The molecule has 0 radical (unpaired) electrons. The number of anilines is 1. The molecular weight excluding hydrogens is 524 g/mol. The molecular formula is C24H19Cl2F3N2O5. The first-order chi connectivity index (χ1) is 17.0. The highest BCUT2D eigenvalue weighted by molar-refractivity contribution is 6.40. The summed E-state index contributed by atoms with van der Waals surface area (Å²) in [5.41, 5.74) is 1.33. The summed E-state index contributed by atoms with van der Waals surface area (Å²) in [6, 6.07) is 12.8. The molecule has 0 bridgehead atoms. The maximum Gasteiger partial charge on any atom is 0.573 e. The van der Waals surface area contributed by atoms with Gasteiger partial charge in [0.15, 0.2) is 0 Å². The topological polar surface area (TPSA) is 108 Å². The molecule has 4 N–H and O–H groups in total. The second kappa shape index (κ2) is 11.5. The van der Waals surface area contributed by atoms with E-state index < -0.39 is 36.8 Å². The van der Waals surface area contributed by atoms with Gasteiger partial charge in [0.05, 0.1) is 29.1 Å². The highest BCUT2D eigenvalue weighted by atomic mass is 35.5. The minimum atomic E-state index is -4.92. The average Bonchev–Trinajstić information content (AvgIpc) is 2.77. The number of ether oxygens (including phenoxy) is 1. The van der Waals surface area contributed by atoms with E-state index in [-0.39, 0.29) is 33.3 Å². The highest BCUT2D eigenvalue weighted by Crippen LogP contribution is 2.42. The molecule has 0 fully saturated rings. The predicted octanol–water partition coefficient (Wildman–Crippen LogP) is 6.04. The van der Waals surface area contributed by atoms with Crippen molar-refractivity contribution in [3.8, 4) is 16.9 Å². The Kier molecular flexibility index (Phi) is 8.67. The molecule has 3 aromatic rings. The zero-order valence-corrected chi connectivity index (χ0v) is 19.8. The summed E-state index contributed by atoms with van der Waals surface area (Å²) in [5, 5.41) is 23.5. The van der Waals surface area contributed by atoms with Crippen LogP contribution in [0.5, 0.6) is 5.75 Å². The van der Waals surface area contributed by atoms with Crippen molar-refractivity contribution in [2.24, 2.45) is 0 Å². The van der Waals surface area contributed by atoms with Crippen molar-refractivity contribution in [2.75, 3.05) is 11.9 Å². The largest absolute Gasteiger partial charge is 0.573 e. The highest BCUT2D eigenvalue weighted by Gasteiger charge is 2.32. The lowest BCUT2D eigenvalue weighted by Crippen LogP contribution is -2.34. The Labute approximate surface area is 213 Å². The number of aliphatic carboxylic acids is 1. The van der Waals surface area contributed by atoms with Gasteiger partial charge in [-0.05, 0) is 29.3 Å². The van der Waals surface area contributed by atoms with Gasteiger partial charge in [0, 0.05) is 16.8 Å². The lowest BCUT2D eigenvalue weighted by atomic mass is 10.0. The zero-order chi connectivity index (χ0) is 26.5. The molecule has 0 aliphatic carbocycles. The number of halogens is 5. The smallest absolute Gasteiger partial charge is 0.481 e. The van der Waals surface area contributed by atoms with Gasteiger partial charge in [-0.1, -0.05) is 65.7 Å². The number of carbonyl (C=O) groups is 2. The van der Waals surface area contributed by atoms with E-state index in [1.54, 1.807) is 24.3 Å². The standard InChI is InChI=1S/C24H19Cl2F3N2O5/c25-17-10-15(11-18(26)22(17)16-3-1-2-4-20(16)36-24(27,28)29)30-23(35)31-19(12-32)14-7-5-13(6-8-14)9-21(33)34/h1-8,10-11,19,32H,9,12H2,(H,33,34)(H2,30,31,35). The van der Waals surface area contributed by atoms with Crippen LogP contribution in [0.3, 0.4) is 0 Å². The Morgan fingerprint density at radius 3 is 2.17 bits per heavy atom. The molecule has 0 saturated carbocycles. The molecule has 0 spiro atoms. The monoisotopic (exact) mass is 542 g/mol.